The Bertz CT molecular complexity index is 841. The van der Waals surface area contributed by atoms with Crippen LogP contribution in [0.15, 0.2) is 22.6 Å². The number of aliphatic hydroxyl groups is 1. The Labute approximate surface area is 154 Å². The number of oxazole rings is 1. The standard InChI is InChI=1S/C19H20F2N2O4/c20-13-7-12(8-14(21)9-13)17-22-15-10-23(4-1-16(15)27-17)18(25)19(11-24)2-5-26-6-3-19/h7-9,24H,1-6,10-11H2. The van der Waals surface area contributed by atoms with Crippen LogP contribution >= 0.6 is 0 Å². The molecule has 0 saturated carbocycles. The number of carbonyl (C=O) groups excluding carboxylic acids is 1. The van der Waals surface area contributed by atoms with Crippen LogP contribution in [0.2, 0.25) is 0 Å². The Morgan fingerprint density at radius 2 is 1.93 bits per heavy atom. The van der Waals surface area contributed by atoms with E-state index in [0.717, 1.165) is 18.2 Å². The molecule has 0 bridgehead atoms. The smallest absolute Gasteiger partial charge is 0.231 e. The normalized spacial score (nSPS) is 19.0. The zero-order chi connectivity index (χ0) is 19.0. The van der Waals surface area contributed by atoms with Crippen LogP contribution < -0.4 is 0 Å². The fourth-order valence-electron chi connectivity index (χ4n) is 3.71. The van der Waals surface area contributed by atoms with Gasteiger partial charge in [-0.2, -0.15) is 0 Å². The Hall–Kier alpha value is -2.32. The number of rotatable bonds is 3. The number of halogens is 2. The van der Waals surface area contributed by atoms with Crippen LogP contribution in [0.3, 0.4) is 0 Å². The van der Waals surface area contributed by atoms with Crippen LogP contribution in [0.4, 0.5) is 8.78 Å². The first-order chi connectivity index (χ1) is 13.0. The highest BCUT2D eigenvalue weighted by Gasteiger charge is 2.43. The van der Waals surface area contributed by atoms with Gasteiger partial charge in [-0.05, 0) is 25.0 Å². The lowest BCUT2D eigenvalue weighted by atomic mass is 9.79. The van der Waals surface area contributed by atoms with Gasteiger partial charge in [-0.25, -0.2) is 13.8 Å². The summed E-state index contributed by atoms with van der Waals surface area (Å²) >= 11 is 0. The van der Waals surface area contributed by atoms with Crippen molar-refractivity contribution >= 4 is 5.91 Å². The predicted octanol–water partition coefficient (Wildman–Crippen LogP) is 2.29. The molecule has 1 aromatic heterocycles. The second kappa shape index (κ2) is 7.01. The minimum atomic E-state index is -0.812. The van der Waals surface area contributed by atoms with E-state index < -0.39 is 17.0 Å². The maximum absolute atomic E-state index is 13.5. The van der Waals surface area contributed by atoms with E-state index in [0.29, 0.717) is 50.5 Å². The van der Waals surface area contributed by atoms with Gasteiger partial charge in [-0.15, -0.1) is 0 Å². The van der Waals surface area contributed by atoms with Crippen molar-refractivity contribution in [3.05, 3.63) is 41.3 Å². The van der Waals surface area contributed by atoms with E-state index in [1.807, 2.05) is 0 Å². The topological polar surface area (TPSA) is 75.8 Å². The summed E-state index contributed by atoms with van der Waals surface area (Å²) in [6.45, 7) is 1.37. The van der Waals surface area contributed by atoms with E-state index in [-0.39, 0.29) is 30.5 Å². The van der Waals surface area contributed by atoms with Gasteiger partial charge in [0.15, 0.2) is 0 Å². The first kappa shape index (κ1) is 18.1. The zero-order valence-electron chi connectivity index (χ0n) is 14.7. The van der Waals surface area contributed by atoms with Crippen LogP contribution in [-0.4, -0.2) is 47.3 Å². The van der Waals surface area contributed by atoms with Crippen molar-refractivity contribution in [2.75, 3.05) is 26.4 Å². The van der Waals surface area contributed by atoms with Gasteiger partial charge in [0, 0.05) is 37.8 Å². The molecule has 1 amide bonds. The van der Waals surface area contributed by atoms with E-state index in [4.69, 9.17) is 9.15 Å². The van der Waals surface area contributed by atoms with Crippen molar-refractivity contribution in [2.45, 2.75) is 25.8 Å². The second-order valence-electron chi connectivity index (χ2n) is 7.07. The van der Waals surface area contributed by atoms with E-state index in [1.165, 1.54) is 0 Å². The van der Waals surface area contributed by atoms with Crippen LogP contribution in [0.25, 0.3) is 11.5 Å². The molecule has 4 rings (SSSR count). The summed E-state index contributed by atoms with van der Waals surface area (Å²) in [5.41, 5.74) is -0.0148. The molecule has 3 heterocycles. The molecule has 2 aliphatic heterocycles. The lowest BCUT2D eigenvalue weighted by Gasteiger charge is -2.39. The lowest BCUT2D eigenvalue weighted by Crippen LogP contribution is -2.50. The molecule has 1 saturated heterocycles. The highest BCUT2D eigenvalue weighted by atomic mass is 19.1. The highest BCUT2D eigenvalue weighted by Crippen LogP contribution is 2.35. The molecule has 8 heteroatoms. The maximum Gasteiger partial charge on any atom is 0.231 e. The number of aliphatic hydroxyl groups excluding tert-OH is 1. The van der Waals surface area contributed by atoms with E-state index >= 15 is 0 Å². The van der Waals surface area contributed by atoms with E-state index in [2.05, 4.69) is 4.98 Å². The Morgan fingerprint density at radius 3 is 2.59 bits per heavy atom. The molecule has 0 spiro atoms. The van der Waals surface area contributed by atoms with Gasteiger partial charge in [0.25, 0.3) is 0 Å². The first-order valence-corrected chi connectivity index (χ1v) is 8.94. The highest BCUT2D eigenvalue weighted by molar-refractivity contribution is 5.83. The molecule has 2 aromatic rings. The van der Waals surface area contributed by atoms with Gasteiger partial charge in [-0.3, -0.25) is 4.79 Å². The van der Waals surface area contributed by atoms with Gasteiger partial charge in [0.05, 0.1) is 18.6 Å². The van der Waals surface area contributed by atoms with Gasteiger partial charge >= 0.3 is 0 Å². The molecule has 0 radical (unpaired) electrons. The molecule has 1 aromatic carbocycles. The molecule has 6 nitrogen and oxygen atoms in total. The second-order valence-corrected chi connectivity index (χ2v) is 7.07. The van der Waals surface area contributed by atoms with Crippen molar-refractivity contribution in [3.63, 3.8) is 0 Å². The number of carbonyl (C=O) groups is 1. The largest absolute Gasteiger partial charge is 0.441 e. The number of amides is 1. The third-order valence-electron chi connectivity index (χ3n) is 5.33. The lowest BCUT2D eigenvalue weighted by molar-refractivity contribution is -0.152. The minimum Gasteiger partial charge on any atom is -0.441 e. The number of nitrogens with zero attached hydrogens (tertiary/aromatic N) is 2. The summed E-state index contributed by atoms with van der Waals surface area (Å²) in [7, 11) is 0. The van der Waals surface area contributed by atoms with Crippen molar-refractivity contribution < 1.29 is 27.8 Å². The van der Waals surface area contributed by atoms with Crippen molar-refractivity contribution in [1.82, 2.24) is 9.88 Å². The monoisotopic (exact) mass is 378 g/mol. The molecule has 1 fully saturated rings. The van der Waals surface area contributed by atoms with Gasteiger partial charge in [0.2, 0.25) is 11.8 Å². The van der Waals surface area contributed by atoms with Crippen LogP contribution in [0, 0.1) is 17.0 Å². The van der Waals surface area contributed by atoms with Gasteiger partial charge in [-0.1, -0.05) is 0 Å². The van der Waals surface area contributed by atoms with Gasteiger partial charge < -0.3 is 19.2 Å². The molecule has 2 aliphatic rings. The summed E-state index contributed by atoms with van der Waals surface area (Å²) in [6, 6.07) is 3.10. The third kappa shape index (κ3) is 3.35. The summed E-state index contributed by atoms with van der Waals surface area (Å²) in [5.74, 6) is -0.774. The SMILES string of the molecule is O=C(N1CCc2oc(-c3cc(F)cc(F)c3)nc2C1)C1(CO)CCOCC1. The Morgan fingerprint density at radius 1 is 1.22 bits per heavy atom. The molecular formula is C19H20F2N2O4. The Kier molecular flexibility index (Phi) is 4.69. The molecule has 0 unspecified atom stereocenters. The number of ether oxygens (including phenoxy) is 1. The molecule has 144 valence electrons. The quantitative estimate of drug-likeness (QED) is 0.887. The Balaban J connectivity index is 1.56. The average Bonchev–Trinajstić information content (AvgIpc) is 3.10. The van der Waals surface area contributed by atoms with E-state index in [1.54, 1.807) is 4.90 Å². The van der Waals surface area contributed by atoms with Crippen LogP contribution in [0.5, 0.6) is 0 Å². The minimum absolute atomic E-state index is 0.111. The van der Waals surface area contributed by atoms with Crippen molar-refractivity contribution in [3.8, 4) is 11.5 Å². The fourth-order valence-corrected chi connectivity index (χ4v) is 3.71. The van der Waals surface area contributed by atoms with Crippen LogP contribution in [0.1, 0.15) is 24.3 Å². The number of benzene rings is 1. The van der Waals surface area contributed by atoms with E-state index in [9.17, 15) is 18.7 Å². The number of aromatic nitrogens is 1. The van der Waals surface area contributed by atoms with Crippen LogP contribution in [-0.2, 0) is 22.5 Å². The number of hydrogen-bond donors (Lipinski definition) is 1. The molecule has 0 aliphatic carbocycles. The fraction of sp³-hybridized carbons (Fsp3) is 0.474. The maximum atomic E-state index is 13.5. The summed E-state index contributed by atoms with van der Waals surface area (Å²) < 4.78 is 37.9. The van der Waals surface area contributed by atoms with Crippen molar-refractivity contribution in [2.24, 2.45) is 5.41 Å². The third-order valence-corrected chi connectivity index (χ3v) is 5.33. The summed E-state index contributed by atoms with van der Waals surface area (Å²) in [6.07, 6.45) is 1.43. The molecule has 27 heavy (non-hydrogen) atoms. The van der Waals surface area contributed by atoms with Crippen molar-refractivity contribution in [1.29, 1.82) is 0 Å². The first-order valence-electron chi connectivity index (χ1n) is 8.94. The number of hydrogen-bond acceptors (Lipinski definition) is 5. The molecular weight excluding hydrogens is 358 g/mol. The average molecular weight is 378 g/mol. The molecule has 1 N–H and O–H groups in total. The summed E-state index contributed by atoms with van der Waals surface area (Å²) in [4.78, 5) is 19.1. The number of fused-ring (bicyclic) bond motifs is 1. The zero-order valence-corrected chi connectivity index (χ0v) is 14.7. The van der Waals surface area contributed by atoms with Gasteiger partial charge in [0.1, 0.15) is 23.1 Å². The predicted molar refractivity (Wildman–Crippen MR) is 90.5 cm³/mol. The molecule has 0 atom stereocenters. The summed E-state index contributed by atoms with van der Waals surface area (Å²) in [5, 5.41) is 9.83.